The van der Waals surface area contributed by atoms with Gasteiger partial charge in [-0.15, -0.1) is 11.8 Å². The Balaban J connectivity index is 2.19. The highest BCUT2D eigenvalue weighted by Crippen LogP contribution is 2.23. The molecule has 0 saturated carbocycles. The van der Waals surface area contributed by atoms with Gasteiger partial charge in [-0.25, -0.2) is 4.39 Å². The summed E-state index contributed by atoms with van der Waals surface area (Å²) in [6.07, 6.45) is 2.94. The van der Waals surface area contributed by atoms with Crippen molar-refractivity contribution in [3.05, 3.63) is 65.0 Å². The van der Waals surface area contributed by atoms with Gasteiger partial charge in [0.25, 0.3) is 0 Å². The summed E-state index contributed by atoms with van der Waals surface area (Å²) >= 11 is 1.74. The molecule has 0 radical (unpaired) electrons. The van der Waals surface area contributed by atoms with Crippen molar-refractivity contribution in [2.24, 2.45) is 0 Å². The van der Waals surface area contributed by atoms with E-state index in [9.17, 15) is 4.39 Å². The number of hydrogen-bond donors (Lipinski definition) is 1. The maximum absolute atomic E-state index is 13.2. The summed E-state index contributed by atoms with van der Waals surface area (Å²) in [5, 5.41) is 3.35. The average molecular weight is 289 g/mol. The number of rotatable bonds is 5. The van der Waals surface area contributed by atoms with E-state index in [2.05, 4.69) is 35.8 Å². The normalized spacial score (nSPS) is 12.4. The van der Waals surface area contributed by atoms with Gasteiger partial charge < -0.3 is 5.32 Å². The Labute approximate surface area is 124 Å². The Hall–Kier alpha value is -1.32. The fourth-order valence-corrected chi connectivity index (χ4v) is 2.74. The van der Waals surface area contributed by atoms with Crippen molar-refractivity contribution in [3.8, 4) is 0 Å². The monoisotopic (exact) mass is 289 g/mol. The van der Waals surface area contributed by atoms with Gasteiger partial charge in [0.05, 0.1) is 0 Å². The van der Waals surface area contributed by atoms with Crippen LogP contribution in [0.4, 0.5) is 4.39 Å². The Kier molecular flexibility index (Phi) is 5.21. The molecule has 0 amide bonds. The van der Waals surface area contributed by atoms with Crippen LogP contribution in [-0.4, -0.2) is 13.3 Å². The van der Waals surface area contributed by atoms with Crippen LogP contribution in [0.2, 0.25) is 0 Å². The van der Waals surface area contributed by atoms with E-state index in [1.54, 1.807) is 17.8 Å². The number of hydrogen-bond acceptors (Lipinski definition) is 2. The molecule has 0 aliphatic heterocycles. The first-order valence-corrected chi connectivity index (χ1v) is 7.92. The molecular formula is C17H20FNS. The van der Waals surface area contributed by atoms with Crippen LogP contribution in [0.5, 0.6) is 0 Å². The van der Waals surface area contributed by atoms with Crippen molar-refractivity contribution in [1.29, 1.82) is 0 Å². The van der Waals surface area contributed by atoms with E-state index in [4.69, 9.17) is 0 Å². The van der Waals surface area contributed by atoms with Gasteiger partial charge in [0, 0.05) is 10.9 Å². The van der Waals surface area contributed by atoms with E-state index in [-0.39, 0.29) is 11.9 Å². The van der Waals surface area contributed by atoms with Crippen molar-refractivity contribution in [2.75, 3.05) is 13.3 Å². The number of nitrogens with one attached hydrogen (secondary N) is 1. The maximum Gasteiger partial charge on any atom is 0.123 e. The summed E-state index contributed by atoms with van der Waals surface area (Å²) in [6.45, 7) is 1.96. The summed E-state index contributed by atoms with van der Waals surface area (Å²) < 4.78 is 13.2. The standard InChI is InChI=1S/C17H20FNS/c1-12-10-15(18)7-4-14(12)11-17(19-2)13-5-8-16(20-3)9-6-13/h4-10,17,19H,11H2,1-3H3. The molecule has 0 aliphatic carbocycles. The lowest BCUT2D eigenvalue weighted by Crippen LogP contribution is -2.19. The predicted octanol–water partition coefficient (Wildman–Crippen LogP) is 4.36. The molecule has 0 fully saturated rings. The third-order valence-electron chi connectivity index (χ3n) is 3.60. The minimum Gasteiger partial charge on any atom is -0.313 e. The second kappa shape index (κ2) is 6.91. The quantitative estimate of drug-likeness (QED) is 0.821. The molecule has 1 atom stereocenters. The van der Waals surface area contributed by atoms with Gasteiger partial charge in [0.15, 0.2) is 0 Å². The number of aryl methyl sites for hydroxylation is 1. The van der Waals surface area contributed by atoms with Crippen molar-refractivity contribution >= 4 is 11.8 Å². The summed E-state index contributed by atoms with van der Waals surface area (Å²) in [5.74, 6) is -0.170. The highest BCUT2D eigenvalue weighted by molar-refractivity contribution is 7.98. The molecule has 1 N–H and O–H groups in total. The van der Waals surface area contributed by atoms with Crippen molar-refractivity contribution in [1.82, 2.24) is 5.32 Å². The van der Waals surface area contributed by atoms with E-state index in [1.807, 2.05) is 20.0 Å². The first-order valence-electron chi connectivity index (χ1n) is 6.70. The zero-order chi connectivity index (χ0) is 14.5. The summed E-state index contributed by atoms with van der Waals surface area (Å²) in [6, 6.07) is 13.9. The lowest BCUT2D eigenvalue weighted by atomic mass is 9.96. The molecule has 3 heteroatoms. The van der Waals surface area contributed by atoms with Crippen LogP contribution >= 0.6 is 11.8 Å². The molecule has 20 heavy (non-hydrogen) atoms. The first kappa shape index (κ1) is 15.1. The minimum absolute atomic E-state index is 0.170. The lowest BCUT2D eigenvalue weighted by molar-refractivity contribution is 0.586. The van der Waals surface area contributed by atoms with Crippen molar-refractivity contribution < 1.29 is 4.39 Å². The third kappa shape index (κ3) is 3.62. The first-order chi connectivity index (χ1) is 9.63. The van der Waals surface area contributed by atoms with Crippen LogP contribution in [0.15, 0.2) is 47.4 Å². The number of thioether (sulfide) groups is 1. The van der Waals surface area contributed by atoms with E-state index < -0.39 is 0 Å². The topological polar surface area (TPSA) is 12.0 Å². The zero-order valence-electron chi connectivity index (χ0n) is 12.1. The molecule has 1 unspecified atom stereocenters. The second-order valence-corrected chi connectivity index (χ2v) is 5.77. The Morgan fingerprint density at radius 3 is 2.40 bits per heavy atom. The number of benzene rings is 2. The van der Waals surface area contributed by atoms with Crippen LogP contribution in [0.3, 0.4) is 0 Å². The lowest BCUT2D eigenvalue weighted by Gasteiger charge is -2.18. The van der Waals surface area contributed by atoms with Crippen molar-refractivity contribution in [3.63, 3.8) is 0 Å². The second-order valence-electron chi connectivity index (χ2n) is 4.89. The molecule has 1 nitrogen and oxygen atoms in total. The van der Waals surface area contributed by atoms with Gasteiger partial charge in [-0.05, 0) is 67.6 Å². The van der Waals surface area contributed by atoms with E-state index in [1.165, 1.54) is 22.1 Å². The molecule has 106 valence electrons. The summed E-state index contributed by atoms with van der Waals surface area (Å²) in [5.41, 5.74) is 3.44. The smallest absolute Gasteiger partial charge is 0.123 e. The number of halogens is 1. The molecular weight excluding hydrogens is 269 g/mol. The van der Waals surface area contributed by atoms with Gasteiger partial charge in [-0.2, -0.15) is 0 Å². The van der Waals surface area contributed by atoms with Gasteiger partial charge in [-0.3, -0.25) is 0 Å². The molecule has 2 rings (SSSR count). The molecule has 2 aromatic carbocycles. The minimum atomic E-state index is -0.170. The molecule has 0 aromatic heterocycles. The van der Waals surface area contributed by atoms with E-state index >= 15 is 0 Å². The van der Waals surface area contributed by atoms with E-state index in [0.717, 1.165) is 12.0 Å². The fourth-order valence-electron chi connectivity index (χ4n) is 2.33. The SMILES string of the molecule is CNC(Cc1ccc(F)cc1C)c1ccc(SC)cc1. The van der Waals surface area contributed by atoms with E-state index in [0.29, 0.717) is 0 Å². The zero-order valence-corrected chi connectivity index (χ0v) is 12.9. The van der Waals surface area contributed by atoms with Gasteiger partial charge >= 0.3 is 0 Å². The van der Waals surface area contributed by atoms with Crippen molar-refractivity contribution in [2.45, 2.75) is 24.3 Å². The van der Waals surface area contributed by atoms with Crippen LogP contribution < -0.4 is 5.32 Å². The Bertz CT molecular complexity index is 566. The summed E-state index contributed by atoms with van der Waals surface area (Å²) in [7, 11) is 1.96. The highest BCUT2D eigenvalue weighted by atomic mass is 32.2. The average Bonchev–Trinajstić information content (AvgIpc) is 2.47. The van der Waals surface area contributed by atoms with Crippen LogP contribution in [0.25, 0.3) is 0 Å². The van der Waals surface area contributed by atoms with Crippen LogP contribution in [0.1, 0.15) is 22.7 Å². The highest BCUT2D eigenvalue weighted by Gasteiger charge is 2.12. The molecule has 0 aliphatic rings. The molecule has 0 bridgehead atoms. The predicted molar refractivity (Wildman–Crippen MR) is 84.9 cm³/mol. The van der Waals surface area contributed by atoms with Gasteiger partial charge in [-0.1, -0.05) is 18.2 Å². The molecule has 0 heterocycles. The summed E-state index contributed by atoms with van der Waals surface area (Å²) in [4.78, 5) is 1.27. The van der Waals surface area contributed by atoms with Crippen LogP contribution in [-0.2, 0) is 6.42 Å². The van der Waals surface area contributed by atoms with Crippen LogP contribution in [0, 0.1) is 12.7 Å². The fraction of sp³-hybridized carbons (Fsp3) is 0.294. The Morgan fingerprint density at radius 1 is 1.15 bits per heavy atom. The number of likely N-dealkylation sites (N-methyl/N-ethyl adjacent to an activating group) is 1. The third-order valence-corrected chi connectivity index (χ3v) is 4.34. The molecule has 2 aromatic rings. The van der Waals surface area contributed by atoms with Gasteiger partial charge in [0.1, 0.15) is 5.82 Å². The van der Waals surface area contributed by atoms with Gasteiger partial charge in [0.2, 0.25) is 0 Å². The Morgan fingerprint density at radius 2 is 1.85 bits per heavy atom. The molecule has 0 saturated heterocycles. The largest absolute Gasteiger partial charge is 0.313 e. The maximum atomic E-state index is 13.2. The molecule has 0 spiro atoms.